The molecule has 0 saturated carbocycles. The quantitative estimate of drug-likeness (QED) is 0.549. The second kappa shape index (κ2) is 7.25. The number of carbonyl (C=O) groups excluding carboxylic acids is 2. The van der Waals surface area contributed by atoms with E-state index in [9.17, 15) is 9.59 Å². The molecular formula is C18H19N5O2S. The van der Waals surface area contributed by atoms with Crippen molar-refractivity contribution in [1.82, 2.24) is 19.6 Å². The number of aryl methyl sites for hydroxylation is 2. The number of amides is 1. The minimum absolute atomic E-state index is 0.0458. The molecule has 0 radical (unpaired) electrons. The van der Waals surface area contributed by atoms with Crippen LogP contribution in [0.25, 0.3) is 5.78 Å². The molecule has 0 saturated heterocycles. The molecule has 2 heterocycles. The smallest absolute Gasteiger partial charge is 0.253 e. The van der Waals surface area contributed by atoms with Crippen molar-refractivity contribution < 1.29 is 9.59 Å². The summed E-state index contributed by atoms with van der Waals surface area (Å²) in [7, 11) is 0. The molecule has 0 spiro atoms. The number of fused-ring (bicyclic) bond motifs is 1. The Bertz CT molecular complexity index is 998. The molecule has 2 aromatic heterocycles. The predicted octanol–water partition coefficient (Wildman–Crippen LogP) is 3.06. The Kier molecular flexibility index (Phi) is 5.03. The molecule has 0 aliphatic carbocycles. The fourth-order valence-corrected chi connectivity index (χ4v) is 3.21. The van der Waals surface area contributed by atoms with E-state index in [0.717, 1.165) is 11.4 Å². The van der Waals surface area contributed by atoms with Crippen LogP contribution in [-0.2, 0) is 4.79 Å². The number of rotatable bonds is 5. The van der Waals surface area contributed by atoms with E-state index in [-0.39, 0.29) is 11.7 Å². The molecule has 0 bridgehead atoms. The van der Waals surface area contributed by atoms with E-state index >= 15 is 0 Å². The van der Waals surface area contributed by atoms with Crippen molar-refractivity contribution in [2.75, 3.05) is 5.32 Å². The van der Waals surface area contributed by atoms with E-state index in [2.05, 4.69) is 20.4 Å². The summed E-state index contributed by atoms with van der Waals surface area (Å²) in [4.78, 5) is 32.6. The van der Waals surface area contributed by atoms with Crippen molar-refractivity contribution in [3.8, 4) is 0 Å². The first kappa shape index (κ1) is 18.1. The van der Waals surface area contributed by atoms with Gasteiger partial charge < -0.3 is 5.32 Å². The molecule has 0 fully saturated rings. The fraction of sp³-hybridized carbons (Fsp3) is 0.278. The highest BCUT2D eigenvalue weighted by molar-refractivity contribution is 8.00. The van der Waals surface area contributed by atoms with Crippen LogP contribution in [0.2, 0.25) is 0 Å². The lowest BCUT2D eigenvalue weighted by molar-refractivity contribution is -0.115. The van der Waals surface area contributed by atoms with Crippen LogP contribution in [0.1, 0.15) is 35.6 Å². The molecule has 0 aliphatic rings. The molecular weight excluding hydrogens is 350 g/mol. The first-order valence-electron chi connectivity index (χ1n) is 8.13. The van der Waals surface area contributed by atoms with Crippen molar-refractivity contribution in [1.29, 1.82) is 0 Å². The van der Waals surface area contributed by atoms with E-state index in [1.165, 1.54) is 18.7 Å². The Labute approximate surface area is 155 Å². The Hall–Kier alpha value is -2.74. The lowest BCUT2D eigenvalue weighted by Gasteiger charge is -2.10. The monoisotopic (exact) mass is 369 g/mol. The first-order chi connectivity index (χ1) is 12.3. The highest BCUT2D eigenvalue weighted by atomic mass is 32.2. The second-order valence-electron chi connectivity index (χ2n) is 6.03. The molecule has 3 aromatic rings. The number of carbonyl (C=O) groups is 2. The number of nitrogens with zero attached hydrogens (tertiary/aromatic N) is 4. The normalized spacial score (nSPS) is 12.2. The van der Waals surface area contributed by atoms with Gasteiger partial charge in [0.05, 0.1) is 5.25 Å². The summed E-state index contributed by atoms with van der Waals surface area (Å²) in [6.45, 7) is 7.11. The lowest BCUT2D eigenvalue weighted by atomic mass is 10.1. The minimum atomic E-state index is -0.408. The van der Waals surface area contributed by atoms with E-state index < -0.39 is 5.25 Å². The highest BCUT2D eigenvalue weighted by Crippen LogP contribution is 2.22. The van der Waals surface area contributed by atoms with Crippen LogP contribution in [0.15, 0.2) is 35.5 Å². The van der Waals surface area contributed by atoms with Crippen LogP contribution >= 0.6 is 11.8 Å². The zero-order valence-corrected chi connectivity index (χ0v) is 15.8. The van der Waals surface area contributed by atoms with Gasteiger partial charge in [-0.1, -0.05) is 23.9 Å². The van der Waals surface area contributed by atoms with Gasteiger partial charge in [-0.05, 0) is 45.9 Å². The van der Waals surface area contributed by atoms with Gasteiger partial charge in [0, 0.05) is 22.6 Å². The third-order valence-corrected chi connectivity index (χ3v) is 4.74. The average molecular weight is 369 g/mol. The zero-order valence-electron chi connectivity index (χ0n) is 15.0. The molecule has 1 aromatic carbocycles. The van der Waals surface area contributed by atoms with Gasteiger partial charge in [0.25, 0.3) is 5.78 Å². The molecule has 0 aliphatic heterocycles. The summed E-state index contributed by atoms with van der Waals surface area (Å²) in [6.07, 6.45) is 0. The molecule has 26 heavy (non-hydrogen) atoms. The Morgan fingerprint density at radius 2 is 1.96 bits per heavy atom. The van der Waals surface area contributed by atoms with Gasteiger partial charge in [-0.15, -0.1) is 5.10 Å². The summed E-state index contributed by atoms with van der Waals surface area (Å²) in [5.41, 5.74) is 2.95. The van der Waals surface area contributed by atoms with Gasteiger partial charge in [-0.2, -0.15) is 4.98 Å². The molecule has 7 nitrogen and oxygen atoms in total. The van der Waals surface area contributed by atoms with Gasteiger partial charge in [0.2, 0.25) is 11.1 Å². The molecule has 1 N–H and O–H groups in total. The van der Waals surface area contributed by atoms with Gasteiger partial charge >= 0.3 is 0 Å². The average Bonchev–Trinajstić information content (AvgIpc) is 2.97. The zero-order chi connectivity index (χ0) is 18.8. The number of thioether (sulfide) groups is 1. The number of hydrogen-bond donors (Lipinski definition) is 1. The number of hydrogen-bond acceptors (Lipinski definition) is 6. The van der Waals surface area contributed by atoms with Crippen LogP contribution < -0.4 is 5.32 Å². The summed E-state index contributed by atoms with van der Waals surface area (Å²) in [5.74, 6) is 0.290. The molecule has 1 atom stereocenters. The molecule has 3 rings (SSSR count). The summed E-state index contributed by atoms with van der Waals surface area (Å²) < 4.78 is 1.66. The molecule has 134 valence electrons. The van der Waals surface area contributed by atoms with Gasteiger partial charge in [-0.25, -0.2) is 9.50 Å². The molecule has 1 amide bonds. The van der Waals surface area contributed by atoms with Crippen LogP contribution in [0.5, 0.6) is 0 Å². The van der Waals surface area contributed by atoms with Crippen molar-refractivity contribution in [3.63, 3.8) is 0 Å². The number of nitrogens with one attached hydrogen (secondary N) is 1. The third kappa shape index (κ3) is 3.91. The van der Waals surface area contributed by atoms with Crippen molar-refractivity contribution in [3.05, 3.63) is 47.3 Å². The Balaban J connectivity index is 1.72. The van der Waals surface area contributed by atoms with Crippen LogP contribution in [0.3, 0.4) is 0 Å². The van der Waals surface area contributed by atoms with Crippen molar-refractivity contribution in [2.24, 2.45) is 0 Å². The fourth-order valence-electron chi connectivity index (χ4n) is 2.47. The maximum atomic E-state index is 12.4. The SMILES string of the molecule is CC(=O)c1cccc(NC(=O)C(C)Sc2nc3nc(C)cc(C)n3n2)c1. The van der Waals surface area contributed by atoms with Crippen molar-refractivity contribution in [2.45, 2.75) is 38.1 Å². The largest absolute Gasteiger partial charge is 0.325 e. The minimum Gasteiger partial charge on any atom is -0.325 e. The molecule has 1 unspecified atom stereocenters. The van der Waals surface area contributed by atoms with E-state index in [0.29, 0.717) is 22.2 Å². The van der Waals surface area contributed by atoms with E-state index in [1.54, 1.807) is 35.7 Å². The lowest BCUT2D eigenvalue weighted by Crippen LogP contribution is -2.22. The van der Waals surface area contributed by atoms with Crippen LogP contribution in [0, 0.1) is 13.8 Å². The third-order valence-electron chi connectivity index (χ3n) is 3.79. The maximum Gasteiger partial charge on any atom is 0.253 e. The number of ketones is 1. The topological polar surface area (TPSA) is 89.2 Å². The number of anilines is 1. The summed E-state index contributed by atoms with van der Waals surface area (Å²) >= 11 is 1.26. The van der Waals surface area contributed by atoms with Crippen LogP contribution in [0.4, 0.5) is 5.69 Å². The Morgan fingerprint density at radius 3 is 2.69 bits per heavy atom. The predicted molar refractivity (Wildman–Crippen MR) is 101 cm³/mol. The number of benzene rings is 1. The summed E-state index contributed by atoms with van der Waals surface area (Å²) in [6, 6.07) is 8.80. The van der Waals surface area contributed by atoms with Gasteiger partial charge in [0.1, 0.15) is 0 Å². The molecule has 8 heteroatoms. The second-order valence-corrected chi connectivity index (χ2v) is 7.34. The number of Topliss-reactive ketones (excluding diaryl/α,β-unsaturated/α-hetero) is 1. The van der Waals surface area contributed by atoms with Crippen LogP contribution in [-0.4, -0.2) is 36.5 Å². The maximum absolute atomic E-state index is 12.4. The highest BCUT2D eigenvalue weighted by Gasteiger charge is 2.18. The van der Waals surface area contributed by atoms with E-state index in [4.69, 9.17) is 0 Å². The van der Waals surface area contributed by atoms with Gasteiger partial charge in [0.15, 0.2) is 5.78 Å². The van der Waals surface area contributed by atoms with E-state index in [1.807, 2.05) is 19.9 Å². The number of aromatic nitrogens is 4. The van der Waals surface area contributed by atoms with Gasteiger partial charge in [-0.3, -0.25) is 9.59 Å². The van der Waals surface area contributed by atoms with Crippen molar-refractivity contribution >= 4 is 34.9 Å². The Morgan fingerprint density at radius 1 is 1.19 bits per heavy atom. The first-order valence-corrected chi connectivity index (χ1v) is 9.01. The summed E-state index contributed by atoms with van der Waals surface area (Å²) in [5, 5.41) is 7.31. The standard InChI is InChI=1S/C18H19N5O2S/c1-10-8-11(2)23-17(19-10)21-18(22-23)26-13(4)16(25)20-15-7-5-6-14(9-15)12(3)24/h5-9,13H,1-4H3,(H,20,25).